The molecule has 2 N–H and O–H groups in total. The van der Waals surface area contributed by atoms with Crippen molar-refractivity contribution in [3.8, 4) is 5.75 Å². The maximum Gasteiger partial charge on any atom is 0.222 e. The third-order valence-electron chi connectivity index (χ3n) is 2.04. The minimum absolute atomic E-state index is 0.199. The second-order valence-corrected chi connectivity index (χ2v) is 3.48. The molecule has 0 radical (unpaired) electrons. The van der Waals surface area contributed by atoms with Crippen molar-refractivity contribution in [3.63, 3.8) is 0 Å². The number of hydrogen-bond donors (Lipinski definition) is 2. The molecular formula is C11H16N2O3. The minimum atomic E-state index is -0.278. The van der Waals surface area contributed by atoms with E-state index in [1.807, 2.05) is 6.92 Å². The van der Waals surface area contributed by atoms with Gasteiger partial charge in [0.05, 0.1) is 13.2 Å². The quantitative estimate of drug-likeness (QED) is 0.423. The van der Waals surface area contributed by atoms with Crippen molar-refractivity contribution < 1.29 is 14.6 Å². The highest BCUT2D eigenvalue weighted by atomic mass is 16.5. The van der Waals surface area contributed by atoms with Crippen molar-refractivity contribution in [2.45, 2.75) is 19.8 Å². The molecule has 1 aromatic heterocycles. The molecule has 0 aliphatic carbocycles. The Balaban J connectivity index is 2.84. The van der Waals surface area contributed by atoms with E-state index in [1.165, 1.54) is 12.4 Å². The number of ether oxygens (including phenoxy) is 1. The number of pyridine rings is 1. The molecule has 1 rings (SSSR count). The van der Waals surface area contributed by atoms with Gasteiger partial charge in [0.1, 0.15) is 0 Å². The lowest BCUT2D eigenvalue weighted by atomic mass is 10.1. The highest BCUT2D eigenvalue weighted by Crippen LogP contribution is 2.16. The molecule has 0 saturated heterocycles. The largest absolute Gasteiger partial charge is 0.619 e. The topological polar surface area (TPSA) is 80.2 Å². The van der Waals surface area contributed by atoms with E-state index >= 15 is 0 Å². The van der Waals surface area contributed by atoms with Gasteiger partial charge in [-0.2, -0.15) is 4.73 Å². The van der Waals surface area contributed by atoms with E-state index in [0.29, 0.717) is 23.5 Å². The fraction of sp³-hybridized carbons (Fsp3) is 0.455. The van der Waals surface area contributed by atoms with Crippen LogP contribution in [-0.4, -0.2) is 24.0 Å². The van der Waals surface area contributed by atoms with Gasteiger partial charge in [-0.1, -0.05) is 6.92 Å². The smallest absolute Gasteiger partial charge is 0.222 e. The normalized spacial score (nSPS) is 10.1. The first kappa shape index (κ1) is 12.4. The second-order valence-electron chi connectivity index (χ2n) is 3.48. The lowest BCUT2D eigenvalue weighted by Crippen LogP contribution is -2.25. The summed E-state index contributed by atoms with van der Waals surface area (Å²) < 4.78 is 6.08. The Hall–Kier alpha value is -1.62. The van der Waals surface area contributed by atoms with E-state index in [4.69, 9.17) is 15.3 Å². The van der Waals surface area contributed by atoms with Crippen LogP contribution in [-0.2, 0) is 6.42 Å². The fourth-order valence-corrected chi connectivity index (χ4v) is 1.26. The average Bonchev–Trinajstić information content (AvgIpc) is 2.29. The summed E-state index contributed by atoms with van der Waals surface area (Å²) in [6, 6.07) is 1.61. The molecule has 0 fully saturated rings. The van der Waals surface area contributed by atoms with E-state index < -0.39 is 0 Å². The van der Waals surface area contributed by atoms with Gasteiger partial charge in [-0.15, -0.1) is 0 Å². The average molecular weight is 224 g/mol. The summed E-state index contributed by atoms with van der Waals surface area (Å²) in [5.41, 5.74) is 0.949. The molecule has 0 aliphatic heterocycles. The van der Waals surface area contributed by atoms with Crippen LogP contribution in [0.3, 0.4) is 0 Å². The van der Waals surface area contributed by atoms with E-state index in [-0.39, 0.29) is 12.3 Å². The first-order valence-corrected chi connectivity index (χ1v) is 5.19. The van der Waals surface area contributed by atoms with E-state index in [0.717, 1.165) is 12.0 Å². The van der Waals surface area contributed by atoms with Crippen LogP contribution in [0.2, 0.25) is 0 Å². The number of rotatable bonds is 6. The summed E-state index contributed by atoms with van der Waals surface area (Å²) in [6.45, 7) is 2.23. The molecule has 1 heterocycles. The summed E-state index contributed by atoms with van der Waals surface area (Å²) in [4.78, 5) is 0. The van der Waals surface area contributed by atoms with Crippen molar-refractivity contribution in [1.29, 1.82) is 5.41 Å². The van der Waals surface area contributed by atoms with Gasteiger partial charge in [-0.05, 0) is 6.42 Å². The SMILES string of the molecule is CCCOc1c[n+]([O-])ccc1CC(=N)CO. The monoisotopic (exact) mass is 224 g/mol. The van der Waals surface area contributed by atoms with Gasteiger partial charge in [0.2, 0.25) is 6.20 Å². The zero-order valence-electron chi connectivity index (χ0n) is 9.27. The molecular weight excluding hydrogens is 208 g/mol. The van der Waals surface area contributed by atoms with Crippen LogP contribution in [0.1, 0.15) is 18.9 Å². The van der Waals surface area contributed by atoms with Crippen molar-refractivity contribution in [2.75, 3.05) is 13.2 Å². The summed E-state index contributed by atoms with van der Waals surface area (Å²) in [7, 11) is 0. The van der Waals surface area contributed by atoms with Crippen molar-refractivity contribution >= 4 is 5.71 Å². The van der Waals surface area contributed by atoms with Crippen LogP contribution in [0.15, 0.2) is 18.5 Å². The predicted molar refractivity (Wildman–Crippen MR) is 59.7 cm³/mol. The van der Waals surface area contributed by atoms with E-state index in [2.05, 4.69) is 0 Å². The first-order chi connectivity index (χ1) is 7.67. The zero-order valence-corrected chi connectivity index (χ0v) is 9.27. The molecule has 0 saturated carbocycles. The lowest BCUT2D eigenvalue weighted by Gasteiger charge is -2.09. The number of hydrogen-bond acceptors (Lipinski definition) is 4. The summed E-state index contributed by atoms with van der Waals surface area (Å²) in [5, 5.41) is 27.3. The van der Waals surface area contributed by atoms with Crippen LogP contribution in [0.25, 0.3) is 0 Å². The Bertz CT molecular complexity index is 366. The molecule has 0 atom stereocenters. The Labute approximate surface area is 94.4 Å². The van der Waals surface area contributed by atoms with E-state index in [1.54, 1.807) is 6.07 Å². The molecule has 5 nitrogen and oxygen atoms in total. The Morgan fingerprint density at radius 3 is 3.00 bits per heavy atom. The molecule has 88 valence electrons. The minimum Gasteiger partial charge on any atom is -0.619 e. The van der Waals surface area contributed by atoms with Crippen molar-refractivity contribution in [3.05, 3.63) is 29.2 Å². The highest BCUT2D eigenvalue weighted by Gasteiger charge is 2.09. The van der Waals surface area contributed by atoms with Gasteiger partial charge in [-0.3, -0.25) is 0 Å². The highest BCUT2D eigenvalue weighted by molar-refractivity contribution is 5.85. The standard InChI is InChI=1S/C11H16N2O3/c1-2-5-16-11-7-13(15)4-3-9(11)6-10(12)8-14/h3-4,7,12,14H,2,5-6,8H2,1H3. The molecule has 16 heavy (non-hydrogen) atoms. The van der Waals surface area contributed by atoms with Gasteiger partial charge in [0, 0.05) is 23.8 Å². The van der Waals surface area contributed by atoms with Gasteiger partial charge in [0.25, 0.3) is 0 Å². The number of nitrogens with zero attached hydrogens (tertiary/aromatic N) is 1. The van der Waals surface area contributed by atoms with Crippen LogP contribution in [0.5, 0.6) is 5.75 Å². The Morgan fingerprint density at radius 2 is 2.38 bits per heavy atom. The number of aromatic nitrogens is 1. The molecule has 0 spiro atoms. The van der Waals surface area contributed by atoms with Gasteiger partial charge in [0.15, 0.2) is 11.9 Å². The maximum absolute atomic E-state index is 11.1. The lowest BCUT2D eigenvalue weighted by molar-refractivity contribution is -0.605. The summed E-state index contributed by atoms with van der Waals surface area (Å²) >= 11 is 0. The zero-order chi connectivity index (χ0) is 12.0. The number of aliphatic hydroxyl groups is 1. The van der Waals surface area contributed by atoms with Gasteiger partial charge >= 0.3 is 0 Å². The third kappa shape index (κ3) is 3.51. The van der Waals surface area contributed by atoms with Crippen LogP contribution in [0.4, 0.5) is 0 Å². The molecule has 0 aliphatic rings. The Kier molecular flexibility index (Phi) is 4.72. The first-order valence-electron chi connectivity index (χ1n) is 5.19. The van der Waals surface area contributed by atoms with Gasteiger partial charge in [-0.25, -0.2) is 0 Å². The van der Waals surface area contributed by atoms with Crippen LogP contribution in [0, 0.1) is 10.6 Å². The van der Waals surface area contributed by atoms with Crippen LogP contribution >= 0.6 is 0 Å². The number of nitrogens with one attached hydrogen (secondary N) is 1. The van der Waals surface area contributed by atoms with Crippen molar-refractivity contribution in [1.82, 2.24) is 0 Å². The molecule has 0 unspecified atom stereocenters. The summed E-state index contributed by atoms with van der Waals surface area (Å²) in [5.74, 6) is 0.484. The van der Waals surface area contributed by atoms with E-state index in [9.17, 15) is 5.21 Å². The molecule has 0 aromatic carbocycles. The second kappa shape index (κ2) is 6.07. The maximum atomic E-state index is 11.1. The molecule has 0 bridgehead atoms. The molecule has 5 heteroatoms. The Morgan fingerprint density at radius 1 is 1.62 bits per heavy atom. The summed E-state index contributed by atoms with van der Waals surface area (Å²) in [6.07, 6.45) is 3.86. The third-order valence-corrected chi connectivity index (χ3v) is 2.04. The van der Waals surface area contributed by atoms with Gasteiger partial charge < -0.3 is 20.5 Å². The van der Waals surface area contributed by atoms with Crippen LogP contribution < -0.4 is 9.47 Å². The molecule has 1 aromatic rings. The molecule has 0 amide bonds. The fourth-order valence-electron chi connectivity index (χ4n) is 1.26. The number of aliphatic hydroxyl groups excluding tert-OH is 1. The van der Waals surface area contributed by atoms with Crippen molar-refractivity contribution in [2.24, 2.45) is 0 Å². The predicted octanol–water partition coefficient (Wildman–Crippen LogP) is 0.663.